The van der Waals surface area contributed by atoms with Crippen LogP contribution >= 0.6 is 0 Å². The van der Waals surface area contributed by atoms with Gasteiger partial charge < -0.3 is 16.0 Å². The highest BCUT2D eigenvalue weighted by molar-refractivity contribution is 6.09. The quantitative estimate of drug-likeness (QED) is 0.366. The van der Waals surface area contributed by atoms with Crippen LogP contribution in [0.2, 0.25) is 0 Å². The molecule has 168 valence electrons. The van der Waals surface area contributed by atoms with Crippen LogP contribution in [0.25, 0.3) is 0 Å². The van der Waals surface area contributed by atoms with Gasteiger partial charge in [0.25, 0.3) is 17.7 Å². The number of nitrogens with one attached hydrogen (secondary N) is 3. The largest absolute Gasteiger partial charge is 0.348 e. The van der Waals surface area contributed by atoms with Crippen LogP contribution in [-0.2, 0) is 6.54 Å². The van der Waals surface area contributed by atoms with E-state index in [1.54, 1.807) is 72.8 Å². The molecule has 0 atom stereocenters. The zero-order chi connectivity index (χ0) is 23.8. The molecule has 4 aromatic rings. The molecule has 0 aliphatic carbocycles. The van der Waals surface area contributed by atoms with Crippen molar-refractivity contribution in [1.29, 1.82) is 0 Å². The highest BCUT2D eigenvalue weighted by Crippen LogP contribution is 2.18. The highest BCUT2D eigenvalue weighted by Gasteiger charge is 2.14. The second kappa shape index (κ2) is 10.7. The Morgan fingerprint density at radius 1 is 0.529 bits per heavy atom. The molecule has 0 aromatic heterocycles. The van der Waals surface area contributed by atoms with Crippen molar-refractivity contribution >= 4 is 29.1 Å². The van der Waals surface area contributed by atoms with Crippen LogP contribution in [0.4, 0.5) is 11.4 Å². The number of hydrogen-bond donors (Lipinski definition) is 3. The molecular weight excluding hydrogens is 426 g/mol. The van der Waals surface area contributed by atoms with Crippen LogP contribution < -0.4 is 16.0 Å². The molecule has 0 unspecified atom stereocenters. The number of para-hydroxylation sites is 1. The minimum absolute atomic E-state index is 0.228. The van der Waals surface area contributed by atoms with Crippen LogP contribution in [0.1, 0.15) is 36.6 Å². The summed E-state index contributed by atoms with van der Waals surface area (Å²) < 4.78 is 0. The van der Waals surface area contributed by atoms with Gasteiger partial charge in [0, 0.05) is 23.4 Å². The number of hydrogen-bond acceptors (Lipinski definition) is 3. The van der Waals surface area contributed by atoms with Gasteiger partial charge in [-0.1, -0.05) is 60.7 Å². The molecule has 0 heterocycles. The van der Waals surface area contributed by atoms with E-state index in [1.165, 1.54) is 0 Å². The van der Waals surface area contributed by atoms with Crippen LogP contribution in [0.5, 0.6) is 0 Å². The summed E-state index contributed by atoms with van der Waals surface area (Å²) in [6.07, 6.45) is 0. The van der Waals surface area contributed by atoms with Crippen LogP contribution in [0.15, 0.2) is 109 Å². The summed E-state index contributed by atoms with van der Waals surface area (Å²) in [7, 11) is 0. The van der Waals surface area contributed by atoms with E-state index in [0.29, 0.717) is 34.6 Å². The SMILES string of the molecule is O=C(Nc1ccc(C(=O)Nc2ccccc2C(=O)NCc2ccccc2)cc1)c1ccccc1. The summed E-state index contributed by atoms with van der Waals surface area (Å²) in [5.74, 6) is -0.865. The second-order valence-corrected chi connectivity index (χ2v) is 7.57. The highest BCUT2D eigenvalue weighted by atomic mass is 16.2. The van der Waals surface area contributed by atoms with Crippen molar-refractivity contribution in [2.75, 3.05) is 10.6 Å². The monoisotopic (exact) mass is 449 g/mol. The molecule has 0 bridgehead atoms. The van der Waals surface area contributed by atoms with Gasteiger partial charge in [0.1, 0.15) is 0 Å². The number of carbonyl (C=O) groups excluding carboxylic acids is 3. The molecule has 0 radical (unpaired) electrons. The van der Waals surface area contributed by atoms with Crippen molar-refractivity contribution < 1.29 is 14.4 Å². The fourth-order valence-electron chi connectivity index (χ4n) is 3.36. The lowest BCUT2D eigenvalue weighted by atomic mass is 10.1. The third-order valence-electron chi connectivity index (χ3n) is 5.16. The maximum absolute atomic E-state index is 12.8. The zero-order valence-electron chi connectivity index (χ0n) is 18.3. The summed E-state index contributed by atoms with van der Waals surface area (Å²) in [6.45, 7) is 0.387. The van der Waals surface area contributed by atoms with E-state index in [2.05, 4.69) is 16.0 Å². The lowest BCUT2D eigenvalue weighted by molar-refractivity contribution is 0.0951. The van der Waals surface area contributed by atoms with E-state index in [0.717, 1.165) is 5.56 Å². The first-order valence-electron chi connectivity index (χ1n) is 10.8. The first-order chi connectivity index (χ1) is 16.6. The third-order valence-corrected chi connectivity index (χ3v) is 5.16. The summed E-state index contributed by atoms with van der Waals surface area (Å²) in [6, 6.07) is 31.9. The maximum atomic E-state index is 12.8. The molecule has 3 amide bonds. The average Bonchev–Trinajstić information content (AvgIpc) is 2.89. The lowest BCUT2D eigenvalue weighted by Gasteiger charge is -2.12. The first-order valence-corrected chi connectivity index (χ1v) is 10.8. The molecule has 0 fully saturated rings. The van der Waals surface area contributed by atoms with Gasteiger partial charge in [-0.15, -0.1) is 0 Å². The van der Waals surface area contributed by atoms with Gasteiger partial charge in [-0.25, -0.2) is 0 Å². The van der Waals surface area contributed by atoms with Gasteiger partial charge in [-0.3, -0.25) is 14.4 Å². The lowest BCUT2D eigenvalue weighted by Crippen LogP contribution is -2.24. The summed E-state index contributed by atoms with van der Waals surface area (Å²) in [5, 5.41) is 8.48. The Balaban J connectivity index is 1.40. The Bertz CT molecular complexity index is 1290. The van der Waals surface area contributed by atoms with Gasteiger partial charge in [0.05, 0.1) is 11.3 Å². The molecule has 0 saturated heterocycles. The summed E-state index contributed by atoms with van der Waals surface area (Å²) in [5.41, 5.74) is 3.30. The molecule has 0 aliphatic heterocycles. The third kappa shape index (κ3) is 5.75. The fourth-order valence-corrected chi connectivity index (χ4v) is 3.36. The predicted molar refractivity (Wildman–Crippen MR) is 133 cm³/mol. The second-order valence-electron chi connectivity index (χ2n) is 7.57. The number of benzene rings is 4. The van der Waals surface area contributed by atoms with Crippen LogP contribution in [0, 0.1) is 0 Å². The topological polar surface area (TPSA) is 87.3 Å². The van der Waals surface area contributed by atoms with Crippen LogP contribution in [0.3, 0.4) is 0 Å². The smallest absolute Gasteiger partial charge is 0.255 e. The minimum Gasteiger partial charge on any atom is -0.348 e. The number of amides is 3. The normalized spacial score (nSPS) is 10.2. The summed E-state index contributed by atoms with van der Waals surface area (Å²) >= 11 is 0. The Morgan fingerprint density at radius 2 is 1.09 bits per heavy atom. The summed E-state index contributed by atoms with van der Waals surface area (Å²) in [4.78, 5) is 37.8. The van der Waals surface area contributed by atoms with E-state index in [9.17, 15) is 14.4 Å². The van der Waals surface area contributed by atoms with Gasteiger partial charge in [0.15, 0.2) is 0 Å². The zero-order valence-corrected chi connectivity index (χ0v) is 18.3. The van der Waals surface area contributed by atoms with E-state index in [-0.39, 0.29) is 17.7 Å². The molecule has 6 nitrogen and oxygen atoms in total. The Kier molecular flexibility index (Phi) is 7.10. The number of carbonyl (C=O) groups is 3. The van der Waals surface area contributed by atoms with Crippen molar-refractivity contribution in [3.63, 3.8) is 0 Å². The molecule has 34 heavy (non-hydrogen) atoms. The van der Waals surface area contributed by atoms with Crippen LogP contribution in [-0.4, -0.2) is 17.7 Å². The molecule has 4 rings (SSSR count). The van der Waals surface area contributed by atoms with Crippen molar-refractivity contribution in [2.24, 2.45) is 0 Å². The van der Waals surface area contributed by atoms with Gasteiger partial charge in [0.2, 0.25) is 0 Å². The number of rotatable bonds is 7. The Morgan fingerprint density at radius 3 is 1.79 bits per heavy atom. The van der Waals surface area contributed by atoms with Crippen molar-refractivity contribution in [1.82, 2.24) is 5.32 Å². The van der Waals surface area contributed by atoms with Crippen molar-refractivity contribution in [3.8, 4) is 0 Å². The first kappa shape index (κ1) is 22.5. The molecule has 0 spiro atoms. The average molecular weight is 450 g/mol. The van der Waals surface area contributed by atoms with Gasteiger partial charge in [-0.05, 0) is 54.1 Å². The molecule has 0 saturated carbocycles. The van der Waals surface area contributed by atoms with Gasteiger partial charge in [-0.2, -0.15) is 0 Å². The minimum atomic E-state index is -0.357. The molecule has 4 aromatic carbocycles. The van der Waals surface area contributed by atoms with E-state index in [1.807, 2.05) is 36.4 Å². The molecular formula is C28H23N3O3. The van der Waals surface area contributed by atoms with E-state index >= 15 is 0 Å². The Hall–Kier alpha value is -4.71. The Labute approximate surface area is 197 Å². The van der Waals surface area contributed by atoms with E-state index < -0.39 is 0 Å². The number of anilines is 2. The molecule has 6 heteroatoms. The van der Waals surface area contributed by atoms with Gasteiger partial charge >= 0.3 is 0 Å². The van der Waals surface area contributed by atoms with E-state index in [4.69, 9.17) is 0 Å². The van der Waals surface area contributed by atoms with Crippen molar-refractivity contribution in [2.45, 2.75) is 6.54 Å². The standard InChI is InChI=1S/C28H23N3O3/c32-26(21-11-5-2-6-12-21)30-23-17-15-22(16-18-23)27(33)31-25-14-8-7-13-24(25)28(34)29-19-20-9-3-1-4-10-20/h1-18H,19H2,(H,29,34)(H,30,32)(H,31,33). The molecule has 0 aliphatic rings. The van der Waals surface area contributed by atoms with Crippen molar-refractivity contribution in [3.05, 3.63) is 131 Å². The molecule has 3 N–H and O–H groups in total. The fraction of sp³-hybridized carbons (Fsp3) is 0.0357. The maximum Gasteiger partial charge on any atom is 0.255 e. The predicted octanol–water partition coefficient (Wildman–Crippen LogP) is 5.12.